The summed E-state index contributed by atoms with van der Waals surface area (Å²) >= 11 is 6.11. The fraction of sp³-hybridized carbons (Fsp3) is 0.350. The number of rotatable bonds is 5. The minimum atomic E-state index is -0.185. The zero-order chi connectivity index (χ0) is 18.7. The number of anilines is 1. The third kappa shape index (κ3) is 4.11. The molecule has 3 rings (SSSR count). The van der Waals surface area contributed by atoms with Gasteiger partial charge in [-0.05, 0) is 43.3 Å². The molecule has 0 aliphatic carbocycles. The van der Waals surface area contributed by atoms with E-state index in [2.05, 4.69) is 21.9 Å². The van der Waals surface area contributed by atoms with Crippen LogP contribution in [0.25, 0.3) is 0 Å². The third-order valence-corrected chi connectivity index (χ3v) is 4.95. The molecule has 0 radical (unpaired) electrons. The number of piperazine rings is 1. The van der Waals surface area contributed by atoms with E-state index < -0.39 is 0 Å². The highest BCUT2D eigenvalue weighted by Crippen LogP contribution is 2.29. The zero-order valence-electron chi connectivity index (χ0n) is 15.0. The van der Waals surface area contributed by atoms with E-state index in [-0.39, 0.29) is 17.1 Å². The average Bonchev–Trinajstić information content (AvgIpc) is 2.65. The maximum absolute atomic E-state index is 11.7. The maximum atomic E-state index is 11.7. The molecule has 1 aliphatic heterocycles. The van der Waals surface area contributed by atoms with Gasteiger partial charge in [-0.1, -0.05) is 11.6 Å². The van der Waals surface area contributed by atoms with E-state index in [0.29, 0.717) is 17.1 Å². The first-order chi connectivity index (χ1) is 12.5. The molecule has 0 spiro atoms. The smallest absolute Gasteiger partial charge is 0.163 e. The van der Waals surface area contributed by atoms with Crippen LogP contribution < -0.4 is 9.64 Å². The number of aromatic hydroxyl groups is 1. The summed E-state index contributed by atoms with van der Waals surface area (Å²) < 4.78 is 5.20. The molecule has 0 amide bonds. The second-order valence-corrected chi connectivity index (χ2v) is 6.91. The van der Waals surface area contributed by atoms with Crippen LogP contribution in [-0.2, 0) is 6.54 Å². The number of benzene rings is 2. The zero-order valence-corrected chi connectivity index (χ0v) is 15.8. The first-order valence-corrected chi connectivity index (χ1v) is 8.99. The van der Waals surface area contributed by atoms with Crippen LogP contribution in [0.4, 0.5) is 5.69 Å². The summed E-state index contributed by atoms with van der Waals surface area (Å²) in [5, 5.41) is 10.8. The Morgan fingerprint density at radius 3 is 2.38 bits per heavy atom. The molecule has 138 valence electrons. The topological polar surface area (TPSA) is 53.0 Å². The maximum Gasteiger partial charge on any atom is 0.163 e. The monoisotopic (exact) mass is 374 g/mol. The third-order valence-electron chi connectivity index (χ3n) is 4.74. The Morgan fingerprint density at radius 1 is 1.15 bits per heavy atom. The van der Waals surface area contributed by atoms with Crippen LogP contribution in [0, 0.1) is 0 Å². The SMILES string of the molecule is COc1ccc(N2CCN(Cc3cc(Cl)cc(C(C)=O)c3O)CC2)cc1. The molecular formula is C20H23ClN2O3. The summed E-state index contributed by atoms with van der Waals surface area (Å²) in [6.45, 7) is 5.53. The number of Topliss-reactive ketones (excluding diaryl/α,β-unsaturated/α-hetero) is 1. The fourth-order valence-electron chi connectivity index (χ4n) is 3.24. The largest absolute Gasteiger partial charge is 0.507 e. The number of nitrogens with zero attached hydrogens (tertiary/aromatic N) is 2. The number of phenols is 1. The summed E-state index contributed by atoms with van der Waals surface area (Å²) in [5.74, 6) is 0.708. The molecular weight excluding hydrogens is 352 g/mol. The van der Waals surface area contributed by atoms with Crippen LogP contribution in [0.15, 0.2) is 36.4 Å². The normalized spacial score (nSPS) is 15.1. The van der Waals surface area contributed by atoms with Gasteiger partial charge in [0.1, 0.15) is 11.5 Å². The number of carbonyl (C=O) groups is 1. The van der Waals surface area contributed by atoms with E-state index >= 15 is 0 Å². The molecule has 2 aromatic carbocycles. The van der Waals surface area contributed by atoms with Crippen molar-refractivity contribution in [2.45, 2.75) is 13.5 Å². The van der Waals surface area contributed by atoms with E-state index in [1.54, 1.807) is 13.2 Å². The molecule has 6 heteroatoms. The summed E-state index contributed by atoms with van der Waals surface area (Å²) in [6, 6.07) is 11.3. The van der Waals surface area contributed by atoms with Gasteiger partial charge in [0.2, 0.25) is 0 Å². The number of hydrogen-bond acceptors (Lipinski definition) is 5. The molecule has 1 aliphatic rings. The molecule has 1 saturated heterocycles. The lowest BCUT2D eigenvalue weighted by atomic mass is 10.0. The van der Waals surface area contributed by atoms with Gasteiger partial charge >= 0.3 is 0 Å². The lowest BCUT2D eigenvalue weighted by molar-refractivity contribution is 0.101. The van der Waals surface area contributed by atoms with Crippen molar-refractivity contribution in [3.05, 3.63) is 52.5 Å². The fourth-order valence-corrected chi connectivity index (χ4v) is 3.48. The van der Waals surface area contributed by atoms with Crippen molar-refractivity contribution >= 4 is 23.1 Å². The van der Waals surface area contributed by atoms with Crippen molar-refractivity contribution < 1.29 is 14.6 Å². The summed E-state index contributed by atoms with van der Waals surface area (Å²) in [4.78, 5) is 16.2. The number of phenolic OH excluding ortho intramolecular Hbond substituents is 1. The summed E-state index contributed by atoms with van der Waals surface area (Å²) in [6.07, 6.45) is 0. The predicted octanol–water partition coefficient (Wildman–Crippen LogP) is 3.58. The number of hydrogen-bond donors (Lipinski definition) is 1. The Morgan fingerprint density at radius 2 is 1.81 bits per heavy atom. The highest BCUT2D eigenvalue weighted by Gasteiger charge is 2.20. The van der Waals surface area contributed by atoms with Crippen LogP contribution in [0.2, 0.25) is 5.02 Å². The van der Waals surface area contributed by atoms with E-state index in [0.717, 1.165) is 31.9 Å². The van der Waals surface area contributed by atoms with E-state index in [1.807, 2.05) is 12.1 Å². The van der Waals surface area contributed by atoms with Crippen LogP contribution in [0.1, 0.15) is 22.8 Å². The molecule has 0 saturated carbocycles. The molecule has 2 aromatic rings. The molecule has 0 unspecified atom stereocenters. The second-order valence-electron chi connectivity index (χ2n) is 6.48. The van der Waals surface area contributed by atoms with Gasteiger partial charge in [-0.2, -0.15) is 0 Å². The Hall–Kier alpha value is -2.24. The van der Waals surface area contributed by atoms with Gasteiger partial charge in [0.25, 0.3) is 0 Å². The lowest BCUT2D eigenvalue weighted by Gasteiger charge is -2.36. The molecule has 1 N–H and O–H groups in total. The van der Waals surface area contributed by atoms with Gasteiger partial charge in [-0.15, -0.1) is 0 Å². The summed E-state index contributed by atoms with van der Waals surface area (Å²) in [5.41, 5.74) is 2.15. The van der Waals surface area contributed by atoms with Crippen molar-refractivity contribution in [1.29, 1.82) is 0 Å². The molecule has 26 heavy (non-hydrogen) atoms. The number of carbonyl (C=O) groups excluding carboxylic acids is 1. The molecule has 1 heterocycles. The van der Waals surface area contributed by atoms with Gasteiger partial charge in [-0.3, -0.25) is 9.69 Å². The quantitative estimate of drug-likeness (QED) is 0.811. The second kappa shape index (κ2) is 7.98. The lowest BCUT2D eigenvalue weighted by Crippen LogP contribution is -2.46. The minimum absolute atomic E-state index is 0.0412. The van der Waals surface area contributed by atoms with Crippen LogP contribution in [0.5, 0.6) is 11.5 Å². The van der Waals surface area contributed by atoms with Crippen LogP contribution in [0.3, 0.4) is 0 Å². The average molecular weight is 375 g/mol. The van der Waals surface area contributed by atoms with Crippen molar-refractivity contribution in [3.8, 4) is 11.5 Å². The minimum Gasteiger partial charge on any atom is -0.507 e. The van der Waals surface area contributed by atoms with Crippen molar-refractivity contribution in [1.82, 2.24) is 4.90 Å². The first kappa shape index (κ1) is 18.5. The van der Waals surface area contributed by atoms with Crippen molar-refractivity contribution in [2.24, 2.45) is 0 Å². The number of methoxy groups -OCH3 is 1. The molecule has 0 atom stereocenters. The van der Waals surface area contributed by atoms with Crippen molar-refractivity contribution in [3.63, 3.8) is 0 Å². The summed E-state index contributed by atoms with van der Waals surface area (Å²) in [7, 11) is 1.66. The Labute approximate surface area is 158 Å². The highest BCUT2D eigenvalue weighted by molar-refractivity contribution is 6.31. The van der Waals surface area contributed by atoms with Crippen molar-refractivity contribution in [2.75, 3.05) is 38.2 Å². The highest BCUT2D eigenvalue weighted by atomic mass is 35.5. The van der Waals surface area contributed by atoms with E-state index in [9.17, 15) is 9.90 Å². The predicted molar refractivity (Wildman–Crippen MR) is 104 cm³/mol. The molecule has 0 bridgehead atoms. The molecule has 5 nitrogen and oxygen atoms in total. The van der Waals surface area contributed by atoms with Crippen LogP contribution in [-0.4, -0.2) is 49.1 Å². The van der Waals surface area contributed by atoms with Gasteiger partial charge in [0, 0.05) is 49.0 Å². The first-order valence-electron chi connectivity index (χ1n) is 8.61. The standard InChI is InChI=1S/C20H23ClN2O3/c1-14(24)19-12-16(21)11-15(20(19)25)13-22-7-9-23(10-8-22)17-3-5-18(26-2)6-4-17/h3-6,11-12,25H,7-10,13H2,1-2H3. The molecule has 1 fully saturated rings. The number of ketones is 1. The van der Waals surface area contributed by atoms with E-state index in [1.165, 1.54) is 18.7 Å². The van der Waals surface area contributed by atoms with Gasteiger partial charge in [0.05, 0.1) is 12.7 Å². The van der Waals surface area contributed by atoms with Gasteiger partial charge in [-0.25, -0.2) is 0 Å². The van der Waals surface area contributed by atoms with Gasteiger partial charge in [0.15, 0.2) is 5.78 Å². The van der Waals surface area contributed by atoms with E-state index in [4.69, 9.17) is 16.3 Å². The van der Waals surface area contributed by atoms with Crippen LogP contribution >= 0.6 is 11.6 Å². The number of halogens is 1. The Bertz CT molecular complexity index is 784. The van der Waals surface area contributed by atoms with Gasteiger partial charge < -0.3 is 14.7 Å². The Balaban J connectivity index is 1.64. The molecule has 0 aromatic heterocycles. The number of ether oxygens (including phenoxy) is 1. The Kier molecular flexibility index (Phi) is 5.69.